The summed E-state index contributed by atoms with van der Waals surface area (Å²) < 4.78 is 0. The summed E-state index contributed by atoms with van der Waals surface area (Å²) in [5.41, 5.74) is 2.97. The highest BCUT2D eigenvalue weighted by Crippen LogP contribution is 2.34. The Morgan fingerprint density at radius 2 is 1.26 bits per heavy atom. The normalized spacial score (nSPS) is 11.7. The van der Waals surface area contributed by atoms with Crippen molar-refractivity contribution in [2.75, 3.05) is 6.54 Å². The van der Waals surface area contributed by atoms with Crippen LogP contribution in [0.15, 0.2) is 12.1 Å². The molecule has 0 spiro atoms. The topological polar surface area (TPSA) is 49.3 Å². The summed E-state index contributed by atoms with van der Waals surface area (Å²) in [5.74, 6) is 0.565. The molecule has 0 heterocycles. The number of hydrogen-bond donors (Lipinski definition) is 2. The minimum atomic E-state index is -0.0956. The standard InChI is InChI=1S/C31H55NO2/c1-6-7-8-9-10-11-12-13-14-15-16-17-18-19-20-21-29(33)32-23-22-27-24-26(2)30(34)28(25-27)31(3,4)5/h24-25,34H,6-23H2,1-5H3,(H,32,33). The van der Waals surface area contributed by atoms with E-state index in [1.54, 1.807) is 0 Å². The molecule has 1 rings (SSSR count). The van der Waals surface area contributed by atoms with Crippen molar-refractivity contribution in [3.8, 4) is 5.75 Å². The lowest BCUT2D eigenvalue weighted by Gasteiger charge is -2.22. The molecule has 2 N–H and O–H groups in total. The summed E-state index contributed by atoms with van der Waals surface area (Å²) >= 11 is 0. The molecule has 0 aliphatic heterocycles. The van der Waals surface area contributed by atoms with Crippen molar-refractivity contribution in [3.05, 3.63) is 28.8 Å². The second kappa shape index (κ2) is 17.9. The van der Waals surface area contributed by atoms with Crippen molar-refractivity contribution < 1.29 is 9.90 Å². The first-order valence-electron chi connectivity index (χ1n) is 14.4. The fraction of sp³-hybridized carbons (Fsp3) is 0.774. The number of carbonyl (C=O) groups excluding carboxylic acids is 1. The predicted octanol–water partition coefficient (Wildman–Crippen LogP) is 8.92. The van der Waals surface area contributed by atoms with E-state index in [1.165, 1.54) is 89.0 Å². The molecule has 0 atom stereocenters. The average Bonchev–Trinajstić information content (AvgIpc) is 2.78. The van der Waals surface area contributed by atoms with E-state index in [0.29, 0.717) is 18.7 Å². The summed E-state index contributed by atoms with van der Waals surface area (Å²) in [4.78, 5) is 12.2. The van der Waals surface area contributed by atoms with E-state index >= 15 is 0 Å². The molecule has 0 saturated heterocycles. The fourth-order valence-electron chi connectivity index (χ4n) is 4.66. The van der Waals surface area contributed by atoms with Gasteiger partial charge in [-0.3, -0.25) is 4.79 Å². The Labute approximate surface area is 211 Å². The molecule has 3 nitrogen and oxygen atoms in total. The average molecular weight is 474 g/mol. The summed E-state index contributed by atoms with van der Waals surface area (Å²) in [6.45, 7) is 11.2. The molecule has 1 aromatic carbocycles. The zero-order valence-electron chi connectivity index (χ0n) is 23.2. The van der Waals surface area contributed by atoms with E-state index in [1.807, 2.05) is 13.0 Å². The fourth-order valence-corrected chi connectivity index (χ4v) is 4.66. The summed E-state index contributed by atoms with van der Waals surface area (Å²) in [6, 6.07) is 4.12. The lowest BCUT2D eigenvalue weighted by molar-refractivity contribution is -0.121. The third-order valence-electron chi connectivity index (χ3n) is 6.91. The van der Waals surface area contributed by atoms with Gasteiger partial charge in [-0.2, -0.15) is 0 Å². The van der Waals surface area contributed by atoms with Crippen LogP contribution >= 0.6 is 0 Å². The maximum absolute atomic E-state index is 12.2. The first kappa shape index (κ1) is 30.5. The Kier molecular flexibility index (Phi) is 16.0. The molecule has 3 heteroatoms. The van der Waals surface area contributed by atoms with Crippen LogP contribution in [0.2, 0.25) is 0 Å². The van der Waals surface area contributed by atoms with Gasteiger partial charge in [0.05, 0.1) is 0 Å². The second-order valence-corrected chi connectivity index (χ2v) is 11.4. The predicted molar refractivity (Wildman–Crippen MR) is 148 cm³/mol. The maximum atomic E-state index is 12.2. The number of rotatable bonds is 19. The van der Waals surface area contributed by atoms with Crippen LogP contribution in [-0.2, 0) is 16.6 Å². The van der Waals surface area contributed by atoms with Gasteiger partial charge in [0, 0.05) is 13.0 Å². The Balaban J connectivity index is 2.01. The van der Waals surface area contributed by atoms with Gasteiger partial charge in [-0.1, -0.05) is 130 Å². The van der Waals surface area contributed by atoms with Gasteiger partial charge in [0.25, 0.3) is 0 Å². The number of aromatic hydroxyl groups is 1. The van der Waals surface area contributed by atoms with Crippen molar-refractivity contribution in [2.45, 2.75) is 149 Å². The lowest BCUT2D eigenvalue weighted by Crippen LogP contribution is -2.25. The first-order valence-corrected chi connectivity index (χ1v) is 14.4. The van der Waals surface area contributed by atoms with Gasteiger partial charge in [-0.05, 0) is 41.9 Å². The van der Waals surface area contributed by atoms with Crippen molar-refractivity contribution in [1.82, 2.24) is 5.32 Å². The quantitative estimate of drug-likeness (QED) is 0.197. The number of benzene rings is 1. The highest BCUT2D eigenvalue weighted by molar-refractivity contribution is 5.75. The Hall–Kier alpha value is -1.51. The van der Waals surface area contributed by atoms with Crippen LogP contribution in [0.25, 0.3) is 0 Å². The second-order valence-electron chi connectivity index (χ2n) is 11.4. The minimum absolute atomic E-state index is 0.0956. The Bertz CT molecular complexity index is 675. The van der Waals surface area contributed by atoms with Gasteiger partial charge in [0.15, 0.2) is 0 Å². The molecule has 0 unspecified atom stereocenters. The smallest absolute Gasteiger partial charge is 0.220 e. The highest BCUT2D eigenvalue weighted by Gasteiger charge is 2.20. The molecular formula is C31H55NO2. The number of unbranched alkanes of at least 4 members (excludes halogenated alkanes) is 14. The molecule has 196 valence electrons. The van der Waals surface area contributed by atoms with Gasteiger partial charge in [-0.15, -0.1) is 0 Å². The van der Waals surface area contributed by atoms with Crippen molar-refractivity contribution in [1.29, 1.82) is 0 Å². The number of carbonyl (C=O) groups is 1. The molecule has 0 aromatic heterocycles. The number of amides is 1. The summed E-state index contributed by atoms with van der Waals surface area (Å²) in [6.07, 6.45) is 21.6. The molecule has 0 aliphatic carbocycles. The van der Waals surface area contributed by atoms with Crippen molar-refractivity contribution in [2.24, 2.45) is 0 Å². The molecule has 1 aromatic rings. The number of nitrogens with one attached hydrogen (secondary N) is 1. The van der Waals surface area contributed by atoms with Crippen LogP contribution in [0.5, 0.6) is 5.75 Å². The van der Waals surface area contributed by atoms with E-state index in [9.17, 15) is 9.90 Å². The molecule has 0 radical (unpaired) electrons. The zero-order valence-corrected chi connectivity index (χ0v) is 23.2. The minimum Gasteiger partial charge on any atom is -0.507 e. The van der Waals surface area contributed by atoms with Crippen LogP contribution in [-0.4, -0.2) is 17.6 Å². The monoisotopic (exact) mass is 473 g/mol. The Morgan fingerprint density at radius 3 is 1.74 bits per heavy atom. The van der Waals surface area contributed by atoms with E-state index in [2.05, 4.69) is 39.1 Å². The van der Waals surface area contributed by atoms with Crippen LogP contribution in [0, 0.1) is 6.92 Å². The maximum Gasteiger partial charge on any atom is 0.220 e. The third kappa shape index (κ3) is 14.0. The molecule has 0 saturated carbocycles. The van der Waals surface area contributed by atoms with E-state index in [0.717, 1.165) is 30.4 Å². The number of phenolic OH excluding ortho intramolecular Hbond substituents is 1. The number of hydrogen-bond acceptors (Lipinski definition) is 2. The molecule has 1 amide bonds. The highest BCUT2D eigenvalue weighted by atomic mass is 16.3. The number of phenols is 1. The zero-order chi connectivity index (χ0) is 25.2. The van der Waals surface area contributed by atoms with Gasteiger partial charge in [-0.25, -0.2) is 0 Å². The van der Waals surface area contributed by atoms with Crippen LogP contribution < -0.4 is 5.32 Å². The molecule has 0 fully saturated rings. The third-order valence-corrected chi connectivity index (χ3v) is 6.91. The van der Waals surface area contributed by atoms with Gasteiger partial charge in [0.2, 0.25) is 5.91 Å². The van der Waals surface area contributed by atoms with Crippen LogP contribution in [0.4, 0.5) is 0 Å². The Morgan fingerprint density at radius 1 is 0.794 bits per heavy atom. The lowest BCUT2D eigenvalue weighted by atomic mass is 9.84. The molecule has 0 bridgehead atoms. The van der Waals surface area contributed by atoms with E-state index < -0.39 is 0 Å². The SMILES string of the molecule is CCCCCCCCCCCCCCCCCC(=O)NCCc1cc(C)c(O)c(C(C)(C)C)c1. The summed E-state index contributed by atoms with van der Waals surface area (Å²) in [5, 5.41) is 13.4. The van der Waals surface area contributed by atoms with Crippen molar-refractivity contribution in [3.63, 3.8) is 0 Å². The molecular weight excluding hydrogens is 418 g/mol. The first-order chi connectivity index (χ1) is 16.3. The van der Waals surface area contributed by atoms with Gasteiger partial charge < -0.3 is 10.4 Å². The molecule has 34 heavy (non-hydrogen) atoms. The largest absolute Gasteiger partial charge is 0.507 e. The van der Waals surface area contributed by atoms with E-state index in [4.69, 9.17) is 0 Å². The van der Waals surface area contributed by atoms with Crippen molar-refractivity contribution >= 4 is 5.91 Å². The van der Waals surface area contributed by atoms with Gasteiger partial charge >= 0.3 is 0 Å². The van der Waals surface area contributed by atoms with Crippen LogP contribution in [0.1, 0.15) is 147 Å². The van der Waals surface area contributed by atoms with E-state index in [-0.39, 0.29) is 11.3 Å². The van der Waals surface area contributed by atoms with Gasteiger partial charge in [0.1, 0.15) is 5.75 Å². The number of aryl methyl sites for hydroxylation is 1. The van der Waals surface area contributed by atoms with Crippen LogP contribution in [0.3, 0.4) is 0 Å². The molecule has 0 aliphatic rings. The summed E-state index contributed by atoms with van der Waals surface area (Å²) in [7, 11) is 0.